The summed E-state index contributed by atoms with van der Waals surface area (Å²) in [5.41, 5.74) is 8.21. The number of carbonyl (C=O) groups is 2. The highest BCUT2D eigenvalue weighted by atomic mass is 16.5. The molecule has 2 fully saturated rings. The molecule has 0 saturated carbocycles. The molecular weight excluding hydrogens is 342 g/mol. The van der Waals surface area contributed by atoms with E-state index in [9.17, 15) is 9.59 Å². The monoisotopic (exact) mass is 365 g/mol. The van der Waals surface area contributed by atoms with Gasteiger partial charge in [0.15, 0.2) is 0 Å². The Morgan fingerprint density at radius 1 is 1.19 bits per heavy atom. The quantitative estimate of drug-likeness (QED) is 0.850. The van der Waals surface area contributed by atoms with Crippen LogP contribution in [0, 0.1) is 0 Å². The Labute approximate surface area is 158 Å². The number of nitrogens with zero attached hydrogens (tertiary/aromatic N) is 2. The number of amides is 2. The fourth-order valence-corrected chi connectivity index (χ4v) is 4.17. The molecule has 2 aliphatic heterocycles. The maximum absolute atomic E-state index is 13.1. The van der Waals surface area contributed by atoms with Crippen LogP contribution < -0.4 is 15.4 Å². The minimum Gasteiger partial charge on any atom is -0.495 e. The number of anilines is 1. The lowest BCUT2D eigenvalue weighted by Crippen LogP contribution is -2.51. The number of fused-ring (bicyclic) bond motifs is 2. The Bertz CT molecular complexity index is 868. The van der Waals surface area contributed by atoms with Crippen LogP contribution in [0.1, 0.15) is 12.8 Å². The molecule has 2 amide bonds. The van der Waals surface area contributed by atoms with Gasteiger partial charge in [0.25, 0.3) is 0 Å². The van der Waals surface area contributed by atoms with Gasteiger partial charge in [-0.25, -0.2) is 0 Å². The van der Waals surface area contributed by atoms with E-state index in [-0.39, 0.29) is 30.3 Å². The van der Waals surface area contributed by atoms with Crippen LogP contribution in [0.25, 0.3) is 11.1 Å². The second-order valence-electron chi connectivity index (χ2n) is 7.08. The summed E-state index contributed by atoms with van der Waals surface area (Å²) in [6.07, 6.45) is 1.06. The van der Waals surface area contributed by atoms with Gasteiger partial charge in [0.05, 0.1) is 24.9 Å². The van der Waals surface area contributed by atoms with Crippen molar-refractivity contribution in [2.45, 2.75) is 24.9 Å². The summed E-state index contributed by atoms with van der Waals surface area (Å²) in [5, 5.41) is 0. The van der Waals surface area contributed by atoms with Crippen LogP contribution in [-0.2, 0) is 9.59 Å². The highest BCUT2D eigenvalue weighted by Gasteiger charge is 2.50. The number of hydrogen-bond acceptors (Lipinski definition) is 4. The summed E-state index contributed by atoms with van der Waals surface area (Å²) in [6.45, 7) is 1.29. The summed E-state index contributed by atoms with van der Waals surface area (Å²) in [7, 11) is 1.62. The zero-order valence-electron chi connectivity index (χ0n) is 15.3. The van der Waals surface area contributed by atoms with Gasteiger partial charge in [-0.1, -0.05) is 36.4 Å². The maximum Gasteiger partial charge on any atom is 0.244 e. The van der Waals surface area contributed by atoms with Gasteiger partial charge >= 0.3 is 0 Å². The van der Waals surface area contributed by atoms with Crippen molar-refractivity contribution in [1.82, 2.24) is 4.90 Å². The smallest absolute Gasteiger partial charge is 0.244 e. The highest BCUT2D eigenvalue weighted by Crippen LogP contribution is 2.41. The Morgan fingerprint density at radius 2 is 1.96 bits per heavy atom. The van der Waals surface area contributed by atoms with E-state index in [2.05, 4.69) is 17.0 Å². The molecule has 2 N–H and O–H groups in total. The SMILES string of the molecule is COc1ccc(-c2ccccc2)cc1N1C(=O)C2CC1CN2CCC(N)=O. The van der Waals surface area contributed by atoms with Crippen molar-refractivity contribution in [1.29, 1.82) is 0 Å². The molecule has 2 unspecified atom stereocenters. The summed E-state index contributed by atoms with van der Waals surface area (Å²) in [6, 6.07) is 16.0. The molecule has 2 saturated heterocycles. The highest BCUT2D eigenvalue weighted by molar-refractivity contribution is 6.03. The number of ether oxygens (including phenoxy) is 1. The van der Waals surface area contributed by atoms with Crippen molar-refractivity contribution in [3.05, 3.63) is 48.5 Å². The van der Waals surface area contributed by atoms with Crippen LogP contribution >= 0.6 is 0 Å². The number of rotatable bonds is 6. The van der Waals surface area contributed by atoms with E-state index < -0.39 is 0 Å². The zero-order chi connectivity index (χ0) is 19.0. The molecule has 2 aliphatic rings. The first-order valence-electron chi connectivity index (χ1n) is 9.17. The number of nitrogens with two attached hydrogens (primary N) is 1. The molecule has 2 atom stereocenters. The van der Waals surface area contributed by atoms with Gasteiger partial charge < -0.3 is 15.4 Å². The second-order valence-corrected chi connectivity index (χ2v) is 7.08. The van der Waals surface area contributed by atoms with E-state index in [0.717, 1.165) is 29.8 Å². The molecule has 0 radical (unpaired) electrons. The normalized spacial score (nSPS) is 21.7. The average molecular weight is 365 g/mol. The van der Waals surface area contributed by atoms with Gasteiger partial charge in [0.2, 0.25) is 11.8 Å². The van der Waals surface area contributed by atoms with E-state index in [1.165, 1.54) is 0 Å². The van der Waals surface area contributed by atoms with Gasteiger partial charge in [-0.3, -0.25) is 14.5 Å². The molecule has 2 aromatic carbocycles. The first-order valence-corrected chi connectivity index (χ1v) is 9.17. The number of likely N-dealkylation sites (tertiary alicyclic amines) is 1. The molecule has 0 aromatic heterocycles. The van der Waals surface area contributed by atoms with E-state index >= 15 is 0 Å². The third kappa shape index (κ3) is 3.17. The minimum absolute atomic E-state index is 0.0687. The van der Waals surface area contributed by atoms with Gasteiger partial charge in [-0.2, -0.15) is 0 Å². The van der Waals surface area contributed by atoms with E-state index in [1.54, 1.807) is 7.11 Å². The molecule has 6 nitrogen and oxygen atoms in total. The molecule has 6 heteroatoms. The van der Waals surface area contributed by atoms with Crippen molar-refractivity contribution in [3.63, 3.8) is 0 Å². The summed E-state index contributed by atoms with van der Waals surface area (Å²) < 4.78 is 5.54. The fraction of sp³-hybridized carbons (Fsp3) is 0.333. The van der Waals surface area contributed by atoms with Crippen molar-refractivity contribution in [2.75, 3.05) is 25.1 Å². The Kier molecular flexibility index (Phi) is 4.58. The lowest BCUT2D eigenvalue weighted by molar-refractivity contribution is -0.124. The molecule has 2 aromatic rings. The third-order valence-corrected chi connectivity index (χ3v) is 5.46. The summed E-state index contributed by atoms with van der Waals surface area (Å²) in [4.78, 5) is 28.1. The standard InChI is InChI=1S/C21H23N3O3/c1-27-19-8-7-15(14-5-3-2-4-6-14)11-17(19)24-16-12-18(21(24)26)23(13-16)10-9-20(22)25/h2-8,11,16,18H,9-10,12-13H2,1H3,(H2,22,25). The van der Waals surface area contributed by atoms with Crippen LogP contribution in [0.4, 0.5) is 5.69 Å². The number of hydrogen-bond donors (Lipinski definition) is 1. The number of piperazine rings is 1. The molecule has 140 valence electrons. The van der Waals surface area contributed by atoms with Gasteiger partial charge in [0.1, 0.15) is 5.75 Å². The van der Waals surface area contributed by atoms with Crippen LogP contribution in [0.3, 0.4) is 0 Å². The summed E-state index contributed by atoms with van der Waals surface area (Å²) in [5.74, 6) is 0.429. The molecule has 2 bridgehead atoms. The van der Waals surface area contributed by atoms with Crippen LogP contribution in [-0.4, -0.2) is 49.0 Å². The third-order valence-electron chi connectivity index (χ3n) is 5.46. The predicted molar refractivity (Wildman–Crippen MR) is 103 cm³/mol. The number of carbonyl (C=O) groups excluding carboxylic acids is 2. The van der Waals surface area contributed by atoms with Crippen molar-refractivity contribution >= 4 is 17.5 Å². The van der Waals surface area contributed by atoms with Crippen molar-refractivity contribution in [2.24, 2.45) is 5.73 Å². The van der Waals surface area contributed by atoms with E-state index in [4.69, 9.17) is 10.5 Å². The van der Waals surface area contributed by atoms with Crippen LogP contribution in [0.2, 0.25) is 0 Å². The number of methoxy groups -OCH3 is 1. The Hall–Kier alpha value is -2.86. The molecule has 4 rings (SSSR count). The Balaban J connectivity index is 1.62. The second kappa shape index (κ2) is 7.04. The molecule has 27 heavy (non-hydrogen) atoms. The van der Waals surface area contributed by atoms with Gasteiger partial charge in [-0.15, -0.1) is 0 Å². The van der Waals surface area contributed by atoms with Crippen LogP contribution in [0.15, 0.2) is 48.5 Å². The molecular formula is C21H23N3O3. The maximum atomic E-state index is 13.1. The molecule has 2 heterocycles. The lowest BCUT2D eigenvalue weighted by atomic mass is 10.0. The minimum atomic E-state index is -0.334. The largest absolute Gasteiger partial charge is 0.495 e. The Morgan fingerprint density at radius 3 is 2.63 bits per heavy atom. The van der Waals surface area contributed by atoms with Crippen molar-refractivity contribution < 1.29 is 14.3 Å². The first-order chi connectivity index (χ1) is 13.1. The average Bonchev–Trinajstić information content (AvgIpc) is 3.24. The summed E-state index contributed by atoms with van der Waals surface area (Å²) >= 11 is 0. The van der Waals surface area contributed by atoms with E-state index in [0.29, 0.717) is 12.3 Å². The van der Waals surface area contributed by atoms with Gasteiger partial charge in [-0.05, 0) is 29.7 Å². The zero-order valence-corrected chi connectivity index (χ0v) is 15.3. The molecule has 0 aliphatic carbocycles. The number of primary amides is 1. The van der Waals surface area contributed by atoms with Crippen molar-refractivity contribution in [3.8, 4) is 16.9 Å². The first kappa shape index (κ1) is 17.5. The van der Waals surface area contributed by atoms with E-state index in [1.807, 2.05) is 41.3 Å². The van der Waals surface area contributed by atoms with Gasteiger partial charge in [0, 0.05) is 19.5 Å². The predicted octanol–water partition coefficient (Wildman–Crippen LogP) is 2.03. The topological polar surface area (TPSA) is 75.9 Å². The number of benzene rings is 2. The fourth-order valence-electron chi connectivity index (χ4n) is 4.17. The lowest BCUT2D eigenvalue weighted by Gasteiger charge is -2.34. The van der Waals surface area contributed by atoms with Crippen LogP contribution in [0.5, 0.6) is 5.75 Å². The molecule has 0 spiro atoms.